The van der Waals surface area contributed by atoms with E-state index in [1.54, 1.807) is 11.8 Å². The summed E-state index contributed by atoms with van der Waals surface area (Å²) in [7, 11) is 3.72. The summed E-state index contributed by atoms with van der Waals surface area (Å²) in [6.45, 7) is 0.653. The first-order valence-electron chi connectivity index (χ1n) is 6.59. The summed E-state index contributed by atoms with van der Waals surface area (Å²) in [5.41, 5.74) is -0.782. The summed E-state index contributed by atoms with van der Waals surface area (Å²) in [6, 6.07) is 0.463. The Bertz CT molecular complexity index is 597. The van der Waals surface area contributed by atoms with Gasteiger partial charge in [0.25, 0.3) is 5.91 Å². The summed E-state index contributed by atoms with van der Waals surface area (Å²) in [5.74, 6) is -7.94. The van der Waals surface area contributed by atoms with Crippen LogP contribution in [-0.4, -0.2) is 60.4 Å². The lowest BCUT2D eigenvalue weighted by Gasteiger charge is -2.23. The first-order chi connectivity index (χ1) is 10.3. The molecule has 1 aliphatic rings. The van der Waals surface area contributed by atoms with Gasteiger partial charge in [0.2, 0.25) is 0 Å². The van der Waals surface area contributed by atoms with Crippen molar-refractivity contribution in [3.8, 4) is 0 Å². The fraction of sp³-hybridized carbons (Fsp3) is 0.500. The van der Waals surface area contributed by atoms with Gasteiger partial charge in [0.15, 0.2) is 23.3 Å². The molecule has 1 fully saturated rings. The Labute approximate surface area is 130 Å². The van der Waals surface area contributed by atoms with Crippen LogP contribution >= 0.6 is 11.8 Å². The van der Waals surface area contributed by atoms with E-state index in [1.165, 1.54) is 4.90 Å². The van der Waals surface area contributed by atoms with Crippen LogP contribution in [0, 0.1) is 23.3 Å². The number of hydrogen-bond acceptors (Lipinski definition) is 3. The molecule has 22 heavy (non-hydrogen) atoms. The number of rotatable bonds is 3. The van der Waals surface area contributed by atoms with Gasteiger partial charge in [0.05, 0.1) is 5.56 Å². The zero-order chi connectivity index (χ0) is 16.6. The Morgan fingerprint density at radius 1 is 1.18 bits per heavy atom. The maximum atomic E-state index is 13.7. The molecule has 1 aromatic rings. The minimum Gasteiger partial charge on any atom is -0.336 e. The second kappa shape index (κ2) is 6.45. The van der Waals surface area contributed by atoms with Gasteiger partial charge in [-0.1, -0.05) is 0 Å². The molecule has 3 nitrogen and oxygen atoms in total. The number of likely N-dealkylation sites (N-methyl/N-ethyl adjacent to an activating group) is 1. The van der Waals surface area contributed by atoms with Crippen molar-refractivity contribution >= 4 is 17.7 Å². The number of likely N-dealkylation sites (tertiary alicyclic amines) is 1. The first kappa shape index (κ1) is 17.1. The summed E-state index contributed by atoms with van der Waals surface area (Å²) >= 11 is 1.56. The number of amides is 1. The number of benzene rings is 1. The van der Waals surface area contributed by atoms with Crippen molar-refractivity contribution in [2.24, 2.45) is 0 Å². The molecule has 0 unspecified atom stereocenters. The predicted molar refractivity (Wildman–Crippen MR) is 77.0 cm³/mol. The van der Waals surface area contributed by atoms with E-state index in [1.807, 2.05) is 25.3 Å². The fourth-order valence-corrected chi connectivity index (χ4v) is 3.52. The minimum atomic E-state index is -1.96. The van der Waals surface area contributed by atoms with Crippen molar-refractivity contribution in [3.63, 3.8) is 0 Å². The fourth-order valence-electron chi connectivity index (χ4n) is 2.55. The molecule has 1 aliphatic heterocycles. The number of halogens is 4. The van der Waals surface area contributed by atoms with Crippen molar-refractivity contribution in [2.75, 3.05) is 33.4 Å². The van der Waals surface area contributed by atoms with Gasteiger partial charge in [0.1, 0.15) is 0 Å². The maximum absolute atomic E-state index is 13.7. The molecule has 0 saturated carbocycles. The van der Waals surface area contributed by atoms with E-state index in [9.17, 15) is 22.4 Å². The van der Waals surface area contributed by atoms with Crippen LogP contribution in [0.15, 0.2) is 6.07 Å². The lowest BCUT2D eigenvalue weighted by Crippen LogP contribution is -2.37. The Morgan fingerprint density at radius 2 is 1.82 bits per heavy atom. The minimum absolute atomic E-state index is 0.0529. The van der Waals surface area contributed by atoms with Crippen LogP contribution in [0.2, 0.25) is 0 Å². The van der Waals surface area contributed by atoms with Gasteiger partial charge in [0, 0.05) is 24.4 Å². The van der Waals surface area contributed by atoms with Crippen LogP contribution in [0.4, 0.5) is 17.6 Å². The highest BCUT2D eigenvalue weighted by atomic mass is 32.2. The third-order valence-electron chi connectivity index (χ3n) is 3.82. The van der Waals surface area contributed by atoms with Gasteiger partial charge in [-0.25, -0.2) is 17.6 Å². The molecule has 1 aromatic carbocycles. The monoisotopic (exact) mass is 336 g/mol. The average molecular weight is 336 g/mol. The zero-order valence-electron chi connectivity index (χ0n) is 12.4. The number of nitrogens with zero attached hydrogens (tertiary/aromatic N) is 2. The van der Waals surface area contributed by atoms with Crippen molar-refractivity contribution in [1.82, 2.24) is 9.80 Å². The first-order valence-corrected chi connectivity index (χ1v) is 7.88. The van der Waals surface area contributed by atoms with Crippen molar-refractivity contribution in [3.05, 3.63) is 34.9 Å². The van der Waals surface area contributed by atoms with Gasteiger partial charge < -0.3 is 9.80 Å². The highest BCUT2D eigenvalue weighted by Gasteiger charge is 2.37. The second-order valence-corrected chi connectivity index (χ2v) is 6.44. The van der Waals surface area contributed by atoms with E-state index in [2.05, 4.69) is 0 Å². The Kier molecular flexibility index (Phi) is 5.01. The molecular weight excluding hydrogens is 320 g/mol. The topological polar surface area (TPSA) is 23.6 Å². The number of thioether (sulfide) groups is 1. The van der Waals surface area contributed by atoms with Crippen LogP contribution in [0.3, 0.4) is 0 Å². The smallest absolute Gasteiger partial charge is 0.257 e. The number of carbonyl (C=O) groups excluding carboxylic acids is 1. The van der Waals surface area contributed by atoms with E-state index in [0.29, 0.717) is 19.2 Å². The average Bonchev–Trinajstić information content (AvgIpc) is 2.92. The molecule has 0 aromatic heterocycles. The van der Waals surface area contributed by atoms with Crippen LogP contribution in [0.1, 0.15) is 10.4 Å². The molecule has 122 valence electrons. The summed E-state index contributed by atoms with van der Waals surface area (Å²) in [4.78, 5) is 15.6. The van der Waals surface area contributed by atoms with Gasteiger partial charge in [-0.15, -0.1) is 0 Å². The van der Waals surface area contributed by atoms with Crippen molar-refractivity contribution in [2.45, 2.75) is 11.3 Å². The molecule has 2 atom stereocenters. The molecule has 1 amide bonds. The standard InChI is InChI=1S/C14H16F4N2OS/c1-19(2)9-5-20(6-10(9)22-3)14(21)7-4-8(15)12(17)13(18)11(7)16/h4,9-10H,5-6H2,1-3H3/t9-,10-/m0/s1. The molecule has 1 heterocycles. The predicted octanol–water partition coefficient (Wildman–Crippen LogP) is 2.36. The van der Waals surface area contributed by atoms with Crippen LogP contribution in [0.5, 0.6) is 0 Å². The normalized spacial score (nSPS) is 21.7. The molecule has 2 rings (SSSR count). The second-order valence-electron chi connectivity index (χ2n) is 5.36. The van der Waals surface area contributed by atoms with E-state index >= 15 is 0 Å². The number of carbonyl (C=O) groups is 1. The molecule has 0 aliphatic carbocycles. The van der Waals surface area contributed by atoms with E-state index in [4.69, 9.17) is 0 Å². The number of hydrogen-bond donors (Lipinski definition) is 0. The Morgan fingerprint density at radius 3 is 2.32 bits per heavy atom. The summed E-state index contributed by atoms with van der Waals surface area (Å²) in [6.07, 6.45) is 1.90. The van der Waals surface area contributed by atoms with E-state index in [0.717, 1.165) is 0 Å². The zero-order valence-corrected chi connectivity index (χ0v) is 13.2. The molecule has 0 N–H and O–H groups in total. The Hall–Kier alpha value is -1.28. The third-order valence-corrected chi connectivity index (χ3v) is 4.89. The molecular formula is C14H16F4N2OS. The quantitative estimate of drug-likeness (QED) is 0.481. The van der Waals surface area contributed by atoms with Crippen molar-refractivity contribution in [1.29, 1.82) is 0 Å². The highest BCUT2D eigenvalue weighted by molar-refractivity contribution is 7.99. The maximum Gasteiger partial charge on any atom is 0.257 e. The van der Waals surface area contributed by atoms with Crippen LogP contribution in [0.25, 0.3) is 0 Å². The lowest BCUT2D eigenvalue weighted by atomic mass is 10.1. The molecule has 8 heteroatoms. The Balaban J connectivity index is 2.30. The van der Waals surface area contributed by atoms with Gasteiger partial charge in [-0.3, -0.25) is 4.79 Å². The van der Waals surface area contributed by atoms with Gasteiger partial charge in [-0.05, 0) is 26.4 Å². The van der Waals surface area contributed by atoms with Crippen molar-refractivity contribution < 1.29 is 22.4 Å². The summed E-state index contributed by atoms with van der Waals surface area (Å²) in [5, 5.41) is 0.108. The van der Waals surface area contributed by atoms with E-state index in [-0.39, 0.29) is 11.3 Å². The molecule has 1 saturated heterocycles. The third kappa shape index (κ3) is 2.94. The lowest BCUT2D eigenvalue weighted by molar-refractivity contribution is 0.0776. The van der Waals surface area contributed by atoms with Gasteiger partial charge in [-0.2, -0.15) is 11.8 Å². The SMILES string of the molecule is CS[C@H]1CN(C(=O)c2cc(F)c(F)c(F)c2F)C[C@@H]1N(C)C. The highest BCUT2D eigenvalue weighted by Crippen LogP contribution is 2.27. The molecule has 0 radical (unpaired) electrons. The molecule has 0 spiro atoms. The van der Waals surface area contributed by atoms with Crippen LogP contribution in [-0.2, 0) is 0 Å². The van der Waals surface area contributed by atoms with Crippen LogP contribution < -0.4 is 0 Å². The summed E-state index contributed by atoms with van der Waals surface area (Å²) < 4.78 is 53.2. The van der Waals surface area contributed by atoms with E-state index < -0.39 is 34.7 Å². The largest absolute Gasteiger partial charge is 0.336 e. The molecule has 0 bridgehead atoms. The van der Waals surface area contributed by atoms with Gasteiger partial charge >= 0.3 is 0 Å².